The number of hydrogen-bond donors (Lipinski definition) is 1. The lowest BCUT2D eigenvalue weighted by atomic mass is 9.71. The van der Waals surface area contributed by atoms with Gasteiger partial charge < -0.3 is 24.4 Å². The molecule has 3 aromatic rings. The van der Waals surface area contributed by atoms with Gasteiger partial charge in [-0.15, -0.1) is 13.2 Å². The quantitative estimate of drug-likeness (QED) is 0.372. The molecule has 214 valence electrons. The van der Waals surface area contributed by atoms with Crippen molar-refractivity contribution in [3.63, 3.8) is 0 Å². The van der Waals surface area contributed by atoms with Crippen molar-refractivity contribution >= 4 is 11.4 Å². The number of aliphatic hydroxyl groups excluding tert-OH is 1. The van der Waals surface area contributed by atoms with Crippen LogP contribution in [0.2, 0.25) is 0 Å². The highest BCUT2D eigenvalue weighted by molar-refractivity contribution is 5.67. The van der Waals surface area contributed by atoms with Gasteiger partial charge in [-0.1, -0.05) is 42.5 Å². The molecular weight excluding hydrogens is 538 g/mol. The van der Waals surface area contributed by atoms with Crippen LogP contribution in [0.15, 0.2) is 72.8 Å². The Balaban J connectivity index is 1.59. The lowest BCUT2D eigenvalue weighted by Crippen LogP contribution is -2.44. The molecule has 5 rings (SSSR count). The molecule has 2 aliphatic rings. The minimum absolute atomic E-state index is 0.0107. The zero-order valence-electron chi connectivity index (χ0n) is 21.4. The molecule has 0 bridgehead atoms. The van der Waals surface area contributed by atoms with Gasteiger partial charge in [0, 0.05) is 36.4 Å². The van der Waals surface area contributed by atoms with Gasteiger partial charge in [-0.05, 0) is 53.4 Å². The Kier molecular flexibility index (Phi) is 7.62. The summed E-state index contributed by atoms with van der Waals surface area (Å²) >= 11 is 0. The summed E-state index contributed by atoms with van der Waals surface area (Å²) in [5.41, 5.74) is 2.39. The number of hydrogen-bond acceptors (Lipinski definition) is 5. The van der Waals surface area contributed by atoms with Crippen LogP contribution in [0.25, 0.3) is 0 Å². The van der Waals surface area contributed by atoms with Crippen molar-refractivity contribution in [2.45, 2.75) is 30.5 Å². The summed E-state index contributed by atoms with van der Waals surface area (Å²) in [6, 6.07) is 20.2. The standard InChI is InChI=1S/C29H28F6N2O3/c30-28(31,32)26(38)18-37-19-27(24-9-1-2-10-25(24)37,21-6-4-8-23(16-21)40-29(33,34)35)17-20-5-3-7-22(15-20)36-11-13-39-14-12-36/h1-10,15-16,26,38H,11-14,17-19H2/t26-,27?/m1/s1. The van der Waals surface area contributed by atoms with E-state index in [1.54, 1.807) is 30.3 Å². The SMILES string of the molecule is O[C@H](CN1CC(Cc2cccc(N3CCOCC3)c2)(c2cccc(OC(F)(F)F)c2)c2ccccc21)C(F)(F)F. The molecule has 2 heterocycles. The molecule has 3 aromatic carbocycles. The highest BCUT2D eigenvalue weighted by atomic mass is 19.4. The Morgan fingerprint density at radius 2 is 1.62 bits per heavy atom. The molecule has 1 unspecified atom stereocenters. The number of benzene rings is 3. The van der Waals surface area contributed by atoms with E-state index in [1.165, 1.54) is 23.1 Å². The fourth-order valence-electron chi connectivity index (χ4n) is 5.65. The van der Waals surface area contributed by atoms with Crippen molar-refractivity contribution in [3.8, 4) is 5.75 Å². The van der Waals surface area contributed by atoms with Crippen molar-refractivity contribution in [1.29, 1.82) is 0 Å². The minimum Gasteiger partial charge on any atom is -0.406 e. The Hall–Kier alpha value is -3.44. The van der Waals surface area contributed by atoms with Gasteiger partial charge in [-0.25, -0.2) is 0 Å². The third-order valence-corrected chi connectivity index (χ3v) is 7.41. The van der Waals surface area contributed by atoms with E-state index >= 15 is 0 Å². The zero-order chi connectivity index (χ0) is 28.5. The van der Waals surface area contributed by atoms with Crippen LogP contribution in [0.4, 0.5) is 37.7 Å². The van der Waals surface area contributed by atoms with Crippen LogP contribution in [0.1, 0.15) is 16.7 Å². The number of β-amino-alcohol motifs (C(OH)–C–C–N with tert-alkyl or cyclic N) is 1. The molecule has 1 N–H and O–H groups in total. The molecule has 2 atom stereocenters. The smallest absolute Gasteiger partial charge is 0.406 e. The first-order valence-corrected chi connectivity index (χ1v) is 12.8. The number of anilines is 2. The molecule has 0 aromatic heterocycles. The Bertz CT molecular complexity index is 1330. The number of halogens is 6. The first-order valence-electron chi connectivity index (χ1n) is 12.8. The molecule has 1 fully saturated rings. The Morgan fingerprint density at radius 1 is 0.900 bits per heavy atom. The molecule has 0 spiro atoms. The predicted molar refractivity (Wildman–Crippen MR) is 138 cm³/mol. The Morgan fingerprint density at radius 3 is 2.35 bits per heavy atom. The number of ether oxygens (including phenoxy) is 2. The fraction of sp³-hybridized carbons (Fsp3) is 0.379. The van der Waals surface area contributed by atoms with Crippen molar-refractivity contribution in [3.05, 3.63) is 89.5 Å². The summed E-state index contributed by atoms with van der Waals surface area (Å²) in [5, 5.41) is 9.93. The van der Waals surface area contributed by atoms with Crippen molar-refractivity contribution in [2.24, 2.45) is 0 Å². The number of morpholine rings is 1. The fourth-order valence-corrected chi connectivity index (χ4v) is 5.65. The normalized spacial score (nSPS) is 20.4. The van der Waals surface area contributed by atoms with E-state index in [0.29, 0.717) is 43.1 Å². The number of aliphatic hydroxyl groups is 1. The lowest BCUT2D eigenvalue weighted by Gasteiger charge is -2.34. The van der Waals surface area contributed by atoms with Gasteiger partial charge in [0.2, 0.25) is 0 Å². The second-order valence-electron chi connectivity index (χ2n) is 10.1. The summed E-state index contributed by atoms with van der Waals surface area (Å²) in [4.78, 5) is 3.63. The van der Waals surface area contributed by atoms with Gasteiger partial charge in [0.15, 0.2) is 6.10 Å². The summed E-state index contributed by atoms with van der Waals surface area (Å²) in [5.74, 6) is -0.419. The second-order valence-corrected chi connectivity index (χ2v) is 10.1. The predicted octanol–water partition coefficient (Wildman–Crippen LogP) is 5.69. The molecular formula is C29H28F6N2O3. The van der Waals surface area contributed by atoms with Crippen molar-refractivity contribution in [1.82, 2.24) is 0 Å². The number of nitrogens with zero attached hydrogens (tertiary/aromatic N) is 2. The number of alkyl halides is 6. The average molecular weight is 567 g/mol. The highest BCUT2D eigenvalue weighted by Gasteiger charge is 2.47. The van der Waals surface area contributed by atoms with Crippen LogP contribution >= 0.6 is 0 Å². The monoisotopic (exact) mass is 566 g/mol. The molecule has 40 heavy (non-hydrogen) atoms. The van der Waals surface area contributed by atoms with Crippen LogP contribution in [0.3, 0.4) is 0 Å². The van der Waals surface area contributed by atoms with Gasteiger partial charge >= 0.3 is 12.5 Å². The van der Waals surface area contributed by atoms with Gasteiger partial charge in [0.25, 0.3) is 0 Å². The van der Waals surface area contributed by atoms with Crippen LogP contribution in [-0.2, 0) is 16.6 Å². The minimum atomic E-state index is -4.91. The second kappa shape index (κ2) is 10.9. The van der Waals surface area contributed by atoms with E-state index in [2.05, 4.69) is 9.64 Å². The maximum atomic E-state index is 13.4. The molecule has 0 saturated carbocycles. The first-order chi connectivity index (χ1) is 18.9. The van der Waals surface area contributed by atoms with Crippen LogP contribution in [0.5, 0.6) is 5.75 Å². The molecule has 0 radical (unpaired) electrons. The highest BCUT2D eigenvalue weighted by Crippen LogP contribution is 2.48. The van der Waals surface area contributed by atoms with E-state index < -0.39 is 36.4 Å². The first kappa shape index (κ1) is 28.1. The van der Waals surface area contributed by atoms with E-state index in [9.17, 15) is 31.4 Å². The summed E-state index contributed by atoms with van der Waals surface area (Å²) in [6.07, 6.45) is -12.0. The molecule has 1 saturated heterocycles. The molecule has 11 heteroatoms. The van der Waals surface area contributed by atoms with Crippen molar-refractivity contribution in [2.75, 3.05) is 49.2 Å². The van der Waals surface area contributed by atoms with E-state index in [0.717, 1.165) is 11.3 Å². The van der Waals surface area contributed by atoms with Gasteiger partial charge in [0.1, 0.15) is 5.75 Å². The molecule has 0 aliphatic carbocycles. The number of fused-ring (bicyclic) bond motifs is 1. The van der Waals surface area contributed by atoms with Gasteiger partial charge in [-0.3, -0.25) is 0 Å². The lowest BCUT2D eigenvalue weighted by molar-refractivity contribution is -0.274. The van der Waals surface area contributed by atoms with E-state index in [4.69, 9.17) is 4.74 Å². The number of para-hydroxylation sites is 1. The summed E-state index contributed by atoms with van der Waals surface area (Å²) < 4.78 is 89.0. The van der Waals surface area contributed by atoms with Gasteiger partial charge in [0.05, 0.1) is 19.8 Å². The molecule has 0 amide bonds. The van der Waals surface area contributed by atoms with Crippen LogP contribution in [-0.4, -0.2) is 63.1 Å². The maximum Gasteiger partial charge on any atom is 0.573 e. The van der Waals surface area contributed by atoms with E-state index in [-0.39, 0.29) is 13.0 Å². The van der Waals surface area contributed by atoms with Crippen LogP contribution < -0.4 is 14.5 Å². The molecule has 2 aliphatic heterocycles. The average Bonchev–Trinajstić information content (AvgIpc) is 3.22. The van der Waals surface area contributed by atoms with E-state index in [1.807, 2.05) is 24.3 Å². The largest absolute Gasteiger partial charge is 0.573 e. The topological polar surface area (TPSA) is 45.2 Å². The maximum absolute atomic E-state index is 13.4. The third kappa shape index (κ3) is 6.00. The van der Waals surface area contributed by atoms with Crippen LogP contribution in [0, 0.1) is 0 Å². The number of rotatable bonds is 7. The third-order valence-electron chi connectivity index (χ3n) is 7.41. The summed E-state index contributed by atoms with van der Waals surface area (Å²) in [7, 11) is 0. The summed E-state index contributed by atoms with van der Waals surface area (Å²) in [6.45, 7) is 1.88. The van der Waals surface area contributed by atoms with Gasteiger partial charge in [-0.2, -0.15) is 13.2 Å². The van der Waals surface area contributed by atoms with Crippen molar-refractivity contribution < 1.29 is 40.9 Å². The Labute approximate surface area is 227 Å². The zero-order valence-corrected chi connectivity index (χ0v) is 21.4. The molecule has 5 nitrogen and oxygen atoms in total.